The molecule has 0 unspecified atom stereocenters. The van der Waals surface area contributed by atoms with Crippen molar-refractivity contribution in [2.24, 2.45) is 0 Å². The van der Waals surface area contributed by atoms with Crippen molar-refractivity contribution in [1.29, 1.82) is 0 Å². The van der Waals surface area contributed by atoms with Crippen molar-refractivity contribution >= 4 is 54.6 Å². The fraction of sp³-hybridized carbons (Fsp3) is 0.231. The second kappa shape index (κ2) is 6.66. The number of thiophene rings is 1. The van der Waals surface area contributed by atoms with Crippen LogP contribution in [-0.4, -0.2) is 15.5 Å². The number of anilines is 1. The van der Waals surface area contributed by atoms with Gasteiger partial charge in [0.05, 0.1) is 15.2 Å². The molecule has 0 radical (unpaired) electrons. The molecule has 0 aliphatic carbocycles. The minimum atomic E-state index is -3.64. The fourth-order valence-electron chi connectivity index (χ4n) is 1.83. The van der Waals surface area contributed by atoms with Gasteiger partial charge in [-0.05, 0) is 48.1 Å². The van der Waals surface area contributed by atoms with Crippen LogP contribution in [-0.2, 0) is 16.6 Å². The summed E-state index contributed by atoms with van der Waals surface area (Å²) < 4.78 is 28.1. The fourth-order valence-corrected chi connectivity index (χ4v) is 5.22. The van der Waals surface area contributed by atoms with Crippen molar-refractivity contribution in [3.63, 3.8) is 0 Å². The van der Waals surface area contributed by atoms with Crippen molar-refractivity contribution in [3.05, 3.63) is 43.5 Å². The lowest BCUT2D eigenvalue weighted by Crippen LogP contribution is -2.13. The van der Waals surface area contributed by atoms with Crippen LogP contribution in [0.15, 0.2) is 33.6 Å². The molecule has 1 aromatic heterocycles. The molecule has 2 rings (SSSR count). The first-order chi connectivity index (χ1) is 9.85. The Hall–Kier alpha value is -0.600. The lowest BCUT2D eigenvalue weighted by Gasteiger charge is -2.10. The summed E-state index contributed by atoms with van der Waals surface area (Å²) in [6.45, 7) is 2.44. The highest BCUT2D eigenvalue weighted by Gasteiger charge is 2.21. The molecule has 0 saturated carbocycles. The lowest BCUT2D eigenvalue weighted by atomic mass is 10.3. The molecular formula is C13H14BrClN2O2S2. The van der Waals surface area contributed by atoms with Crippen LogP contribution in [0.3, 0.4) is 0 Å². The predicted molar refractivity (Wildman–Crippen MR) is 91.8 cm³/mol. The van der Waals surface area contributed by atoms with Gasteiger partial charge in [-0.2, -0.15) is 0 Å². The number of nitrogens with one attached hydrogen (secondary N) is 2. The first-order valence-corrected chi connectivity index (χ1v) is 9.53. The molecule has 8 heteroatoms. The molecule has 21 heavy (non-hydrogen) atoms. The Morgan fingerprint density at radius 2 is 2.10 bits per heavy atom. The minimum Gasteiger partial charge on any atom is -0.315 e. The van der Waals surface area contributed by atoms with Crippen molar-refractivity contribution in [1.82, 2.24) is 5.32 Å². The number of hydrogen-bond donors (Lipinski definition) is 2. The first kappa shape index (κ1) is 16.8. The van der Waals surface area contributed by atoms with Crippen LogP contribution in [0.25, 0.3) is 0 Å². The van der Waals surface area contributed by atoms with Gasteiger partial charge in [0.15, 0.2) is 0 Å². The summed E-state index contributed by atoms with van der Waals surface area (Å²) in [5.74, 6) is 0. The van der Waals surface area contributed by atoms with Crippen LogP contribution in [0.2, 0.25) is 5.02 Å². The number of halogens is 2. The van der Waals surface area contributed by atoms with E-state index in [9.17, 15) is 8.42 Å². The summed E-state index contributed by atoms with van der Waals surface area (Å²) in [4.78, 5) is 2.02. The first-order valence-electron chi connectivity index (χ1n) is 6.06. The number of hydrogen-bond acceptors (Lipinski definition) is 4. The van der Waals surface area contributed by atoms with Gasteiger partial charge >= 0.3 is 0 Å². The van der Waals surface area contributed by atoms with Crippen LogP contribution in [0.1, 0.15) is 9.75 Å². The van der Waals surface area contributed by atoms with Crippen molar-refractivity contribution in [2.45, 2.75) is 18.4 Å². The summed E-state index contributed by atoms with van der Waals surface area (Å²) >= 11 is 10.7. The molecule has 1 aromatic carbocycles. The van der Waals surface area contributed by atoms with E-state index in [0.29, 0.717) is 26.6 Å². The third-order valence-electron chi connectivity index (χ3n) is 2.76. The maximum Gasteiger partial charge on any atom is 0.263 e. The highest BCUT2D eigenvalue weighted by molar-refractivity contribution is 9.10. The summed E-state index contributed by atoms with van der Waals surface area (Å²) in [5.41, 5.74) is 0.420. The third-order valence-corrected chi connectivity index (χ3v) is 6.83. The Balaban J connectivity index is 2.36. The monoisotopic (exact) mass is 408 g/mol. The van der Waals surface area contributed by atoms with Crippen LogP contribution in [0.5, 0.6) is 0 Å². The van der Waals surface area contributed by atoms with Gasteiger partial charge in [-0.1, -0.05) is 17.7 Å². The normalized spacial score (nSPS) is 11.6. The smallest absolute Gasteiger partial charge is 0.263 e. The SMILES string of the molecule is CNCc1cc(S(=O)(=O)Nc2cccc(Cl)c2Br)c(C)s1. The highest BCUT2D eigenvalue weighted by Crippen LogP contribution is 2.33. The number of benzene rings is 1. The van der Waals surface area contributed by atoms with Crippen molar-refractivity contribution < 1.29 is 8.42 Å². The van der Waals surface area contributed by atoms with E-state index in [-0.39, 0.29) is 0 Å². The van der Waals surface area contributed by atoms with E-state index in [1.54, 1.807) is 31.2 Å². The van der Waals surface area contributed by atoms with Crippen LogP contribution in [0.4, 0.5) is 5.69 Å². The second-order valence-electron chi connectivity index (χ2n) is 4.37. The van der Waals surface area contributed by atoms with E-state index in [1.807, 2.05) is 7.05 Å². The second-order valence-corrected chi connectivity index (χ2v) is 8.56. The standard InChI is InChI=1S/C13H14BrClN2O2S2/c1-8-12(6-9(20-8)7-16-2)21(18,19)17-11-5-3-4-10(15)13(11)14/h3-6,16-17H,7H2,1-2H3. The van der Waals surface area contributed by atoms with Gasteiger partial charge in [-0.3, -0.25) is 4.72 Å². The zero-order chi connectivity index (χ0) is 15.6. The van der Waals surface area contributed by atoms with E-state index in [0.717, 1.165) is 9.75 Å². The molecule has 1 heterocycles. The number of aryl methyl sites for hydroxylation is 1. The Labute approximate surface area is 141 Å². The number of rotatable bonds is 5. The molecule has 2 aromatic rings. The van der Waals surface area contributed by atoms with Crippen LogP contribution < -0.4 is 10.0 Å². The molecule has 4 nitrogen and oxygen atoms in total. The Bertz CT molecular complexity index is 760. The average molecular weight is 410 g/mol. The van der Waals surface area contributed by atoms with Crippen molar-refractivity contribution in [2.75, 3.05) is 11.8 Å². The van der Waals surface area contributed by atoms with Gasteiger partial charge in [-0.25, -0.2) is 8.42 Å². The van der Waals surface area contributed by atoms with Gasteiger partial charge in [0, 0.05) is 16.3 Å². The lowest BCUT2D eigenvalue weighted by molar-refractivity contribution is 0.601. The summed E-state index contributed by atoms with van der Waals surface area (Å²) in [6.07, 6.45) is 0. The number of sulfonamides is 1. The van der Waals surface area contributed by atoms with Gasteiger partial charge in [-0.15, -0.1) is 11.3 Å². The Morgan fingerprint density at radius 3 is 2.76 bits per heavy atom. The van der Waals surface area contributed by atoms with Crippen LogP contribution >= 0.6 is 38.9 Å². The van der Waals surface area contributed by atoms with Gasteiger partial charge in [0.25, 0.3) is 10.0 Å². The average Bonchev–Trinajstić information content (AvgIpc) is 2.77. The van der Waals surface area contributed by atoms with E-state index < -0.39 is 10.0 Å². The Morgan fingerprint density at radius 1 is 1.38 bits per heavy atom. The summed E-state index contributed by atoms with van der Waals surface area (Å²) in [5, 5.41) is 3.46. The zero-order valence-corrected chi connectivity index (χ0v) is 15.4. The minimum absolute atomic E-state index is 0.296. The van der Waals surface area contributed by atoms with Crippen molar-refractivity contribution in [3.8, 4) is 0 Å². The van der Waals surface area contributed by atoms with E-state index in [1.165, 1.54) is 11.3 Å². The molecule has 0 bridgehead atoms. The molecule has 114 valence electrons. The summed E-state index contributed by atoms with van der Waals surface area (Å²) in [7, 11) is -1.81. The summed E-state index contributed by atoms with van der Waals surface area (Å²) in [6, 6.07) is 6.73. The molecular weight excluding hydrogens is 396 g/mol. The maximum absolute atomic E-state index is 12.5. The zero-order valence-electron chi connectivity index (χ0n) is 11.4. The molecule has 0 aliphatic heterocycles. The quantitative estimate of drug-likeness (QED) is 0.785. The molecule has 0 fully saturated rings. The van der Waals surface area contributed by atoms with E-state index >= 15 is 0 Å². The third kappa shape index (κ3) is 3.78. The topological polar surface area (TPSA) is 58.2 Å². The molecule has 0 atom stereocenters. The molecule has 0 spiro atoms. The van der Waals surface area contributed by atoms with E-state index in [2.05, 4.69) is 26.0 Å². The van der Waals surface area contributed by atoms with Gasteiger partial charge in [0.2, 0.25) is 0 Å². The van der Waals surface area contributed by atoms with Gasteiger partial charge in [0.1, 0.15) is 4.90 Å². The largest absolute Gasteiger partial charge is 0.315 e. The Kier molecular flexibility index (Phi) is 5.32. The van der Waals surface area contributed by atoms with E-state index in [4.69, 9.17) is 11.6 Å². The molecule has 2 N–H and O–H groups in total. The van der Waals surface area contributed by atoms with Crippen LogP contribution in [0, 0.1) is 6.92 Å². The molecule has 0 saturated heterocycles. The molecule has 0 amide bonds. The highest BCUT2D eigenvalue weighted by atomic mass is 79.9. The maximum atomic E-state index is 12.5. The molecule has 0 aliphatic rings. The predicted octanol–water partition coefficient (Wildman–Crippen LogP) is 3.99. The van der Waals surface area contributed by atoms with Gasteiger partial charge < -0.3 is 5.32 Å².